The molecule has 0 fully saturated rings. The second kappa shape index (κ2) is 5.77. The molecule has 0 unspecified atom stereocenters. The van der Waals surface area contributed by atoms with Gasteiger partial charge >= 0.3 is 6.36 Å². The molecule has 0 bridgehead atoms. The lowest BCUT2D eigenvalue weighted by Crippen LogP contribution is -2.17. The predicted octanol–water partition coefficient (Wildman–Crippen LogP) is 2.49. The first-order valence-corrected chi connectivity index (χ1v) is 5.09. The van der Waals surface area contributed by atoms with Gasteiger partial charge in [-0.25, -0.2) is 0 Å². The molecule has 0 radical (unpaired) electrons. The lowest BCUT2D eigenvalue weighted by Gasteiger charge is -2.13. The van der Waals surface area contributed by atoms with E-state index in [4.69, 9.17) is 10.5 Å². The summed E-state index contributed by atoms with van der Waals surface area (Å²) in [6, 6.07) is 4.46. The van der Waals surface area contributed by atoms with Gasteiger partial charge in [0.15, 0.2) is 11.5 Å². The molecule has 2 N–H and O–H groups in total. The molecule has 1 rings (SSSR count). The zero-order valence-corrected chi connectivity index (χ0v) is 9.38. The average molecular weight is 249 g/mol. The van der Waals surface area contributed by atoms with Crippen molar-refractivity contribution >= 4 is 0 Å². The summed E-state index contributed by atoms with van der Waals surface area (Å²) in [7, 11) is 1.29. The molecule has 0 saturated carbocycles. The number of aryl methyl sites for hydroxylation is 1. The van der Waals surface area contributed by atoms with Gasteiger partial charge in [0.05, 0.1) is 7.11 Å². The van der Waals surface area contributed by atoms with E-state index >= 15 is 0 Å². The first kappa shape index (κ1) is 13.6. The summed E-state index contributed by atoms with van der Waals surface area (Å²) in [5, 5.41) is 0. The van der Waals surface area contributed by atoms with Gasteiger partial charge in [0.1, 0.15) is 0 Å². The topological polar surface area (TPSA) is 44.5 Å². The molecule has 17 heavy (non-hydrogen) atoms. The van der Waals surface area contributed by atoms with E-state index in [9.17, 15) is 13.2 Å². The van der Waals surface area contributed by atoms with Crippen molar-refractivity contribution in [2.45, 2.75) is 19.2 Å². The van der Waals surface area contributed by atoms with Gasteiger partial charge in [-0.2, -0.15) is 0 Å². The summed E-state index contributed by atoms with van der Waals surface area (Å²) in [4.78, 5) is 0. The molecule has 0 atom stereocenters. The van der Waals surface area contributed by atoms with Crippen LogP contribution in [0.15, 0.2) is 18.2 Å². The standard InChI is InChI=1S/C11H14F3NO2/c1-16-9-5-4-8(3-2-6-15)7-10(9)17-11(12,13)14/h4-5,7H,2-3,6,15H2,1H3. The van der Waals surface area contributed by atoms with Crippen LogP contribution in [0.3, 0.4) is 0 Å². The van der Waals surface area contributed by atoms with E-state index in [2.05, 4.69) is 4.74 Å². The van der Waals surface area contributed by atoms with Gasteiger partial charge in [0.25, 0.3) is 0 Å². The van der Waals surface area contributed by atoms with Gasteiger partial charge in [-0.05, 0) is 37.1 Å². The number of benzene rings is 1. The van der Waals surface area contributed by atoms with Gasteiger partial charge < -0.3 is 15.2 Å². The highest BCUT2D eigenvalue weighted by molar-refractivity contribution is 5.43. The molecule has 0 spiro atoms. The van der Waals surface area contributed by atoms with Crippen LogP contribution in [0.25, 0.3) is 0 Å². The number of nitrogens with two attached hydrogens (primary N) is 1. The summed E-state index contributed by atoms with van der Waals surface area (Å²) < 4.78 is 45.1. The first-order chi connectivity index (χ1) is 7.96. The molecule has 0 aliphatic rings. The Labute approximate surface area is 97.3 Å². The maximum atomic E-state index is 12.1. The minimum atomic E-state index is -4.72. The number of rotatable bonds is 5. The lowest BCUT2D eigenvalue weighted by atomic mass is 10.1. The van der Waals surface area contributed by atoms with Crippen LogP contribution < -0.4 is 15.2 Å². The highest BCUT2D eigenvalue weighted by Gasteiger charge is 2.32. The van der Waals surface area contributed by atoms with Crippen LogP contribution in [0, 0.1) is 0 Å². The van der Waals surface area contributed by atoms with Crippen LogP contribution in [0.5, 0.6) is 11.5 Å². The van der Waals surface area contributed by atoms with Crippen LogP contribution >= 0.6 is 0 Å². The highest BCUT2D eigenvalue weighted by atomic mass is 19.4. The van der Waals surface area contributed by atoms with Crippen LogP contribution in [0.1, 0.15) is 12.0 Å². The molecule has 96 valence electrons. The van der Waals surface area contributed by atoms with Crippen molar-refractivity contribution in [3.05, 3.63) is 23.8 Å². The molecule has 0 amide bonds. The molecular weight excluding hydrogens is 235 g/mol. The minimum Gasteiger partial charge on any atom is -0.493 e. The highest BCUT2D eigenvalue weighted by Crippen LogP contribution is 2.33. The molecule has 3 nitrogen and oxygen atoms in total. The van der Waals surface area contributed by atoms with E-state index in [0.717, 1.165) is 5.56 Å². The van der Waals surface area contributed by atoms with Crippen molar-refractivity contribution in [3.63, 3.8) is 0 Å². The number of halogens is 3. The Kier molecular flexibility index (Phi) is 4.62. The quantitative estimate of drug-likeness (QED) is 0.871. The molecule has 1 aromatic rings. The van der Waals surface area contributed by atoms with Gasteiger partial charge in [0, 0.05) is 0 Å². The number of hydrogen-bond donors (Lipinski definition) is 1. The Hall–Kier alpha value is -1.43. The van der Waals surface area contributed by atoms with E-state index in [-0.39, 0.29) is 11.5 Å². The third-order valence-electron chi connectivity index (χ3n) is 2.12. The molecule has 0 aliphatic carbocycles. The minimum absolute atomic E-state index is 0.0545. The second-order valence-corrected chi connectivity index (χ2v) is 3.43. The third kappa shape index (κ3) is 4.52. The Balaban J connectivity index is 2.90. The maximum Gasteiger partial charge on any atom is 0.573 e. The summed E-state index contributed by atoms with van der Waals surface area (Å²) in [5.74, 6) is -0.270. The molecule has 0 aromatic heterocycles. The van der Waals surface area contributed by atoms with Crippen molar-refractivity contribution in [2.75, 3.05) is 13.7 Å². The predicted molar refractivity (Wildman–Crippen MR) is 57.1 cm³/mol. The fourth-order valence-electron chi connectivity index (χ4n) is 1.39. The molecule has 0 saturated heterocycles. The second-order valence-electron chi connectivity index (χ2n) is 3.43. The Bertz CT molecular complexity index is 366. The maximum absolute atomic E-state index is 12.1. The van der Waals surface area contributed by atoms with E-state index < -0.39 is 6.36 Å². The largest absolute Gasteiger partial charge is 0.573 e. The van der Waals surface area contributed by atoms with Crippen LogP contribution in [-0.2, 0) is 6.42 Å². The number of methoxy groups -OCH3 is 1. The SMILES string of the molecule is COc1ccc(CCCN)cc1OC(F)(F)F. The fourth-order valence-corrected chi connectivity index (χ4v) is 1.39. The summed E-state index contributed by atoms with van der Waals surface area (Å²) in [6.45, 7) is 0.488. The van der Waals surface area contributed by atoms with E-state index in [1.807, 2.05) is 0 Å². The monoisotopic (exact) mass is 249 g/mol. The van der Waals surface area contributed by atoms with E-state index in [0.29, 0.717) is 19.4 Å². The number of hydrogen-bond acceptors (Lipinski definition) is 3. The van der Waals surface area contributed by atoms with E-state index in [1.165, 1.54) is 19.2 Å². The normalized spacial score (nSPS) is 11.4. The van der Waals surface area contributed by atoms with Crippen molar-refractivity contribution in [2.24, 2.45) is 5.73 Å². The first-order valence-electron chi connectivity index (χ1n) is 5.09. The average Bonchev–Trinajstić information content (AvgIpc) is 2.24. The molecule has 0 heterocycles. The molecular formula is C11H14F3NO2. The number of ether oxygens (including phenoxy) is 2. The number of alkyl halides is 3. The van der Waals surface area contributed by atoms with Gasteiger partial charge in [-0.3, -0.25) is 0 Å². The van der Waals surface area contributed by atoms with Gasteiger partial charge in [-0.15, -0.1) is 13.2 Å². The van der Waals surface area contributed by atoms with Crippen molar-refractivity contribution in [3.8, 4) is 11.5 Å². The van der Waals surface area contributed by atoms with Crippen LogP contribution in [-0.4, -0.2) is 20.0 Å². The van der Waals surface area contributed by atoms with Crippen LogP contribution in [0.2, 0.25) is 0 Å². The van der Waals surface area contributed by atoms with Crippen LogP contribution in [0.4, 0.5) is 13.2 Å². The van der Waals surface area contributed by atoms with Crippen molar-refractivity contribution < 1.29 is 22.6 Å². The summed E-state index contributed by atoms with van der Waals surface area (Å²) >= 11 is 0. The van der Waals surface area contributed by atoms with Gasteiger partial charge in [0.2, 0.25) is 0 Å². The smallest absolute Gasteiger partial charge is 0.493 e. The lowest BCUT2D eigenvalue weighted by molar-refractivity contribution is -0.275. The van der Waals surface area contributed by atoms with E-state index in [1.54, 1.807) is 6.07 Å². The Morgan fingerprint density at radius 2 is 1.94 bits per heavy atom. The van der Waals surface area contributed by atoms with Crippen molar-refractivity contribution in [1.82, 2.24) is 0 Å². The zero-order valence-electron chi connectivity index (χ0n) is 9.38. The van der Waals surface area contributed by atoms with Gasteiger partial charge in [-0.1, -0.05) is 6.07 Å². The Morgan fingerprint density at radius 3 is 2.47 bits per heavy atom. The Morgan fingerprint density at radius 1 is 1.24 bits per heavy atom. The zero-order chi connectivity index (χ0) is 12.9. The molecule has 0 aliphatic heterocycles. The molecule has 1 aromatic carbocycles. The third-order valence-corrected chi connectivity index (χ3v) is 2.12. The summed E-state index contributed by atoms with van der Waals surface area (Å²) in [5.41, 5.74) is 6.07. The molecule has 6 heteroatoms. The summed E-state index contributed by atoms with van der Waals surface area (Å²) in [6.07, 6.45) is -3.41. The van der Waals surface area contributed by atoms with Crippen molar-refractivity contribution in [1.29, 1.82) is 0 Å². The fraction of sp³-hybridized carbons (Fsp3) is 0.455.